The summed E-state index contributed by atoms with van der Waals surface area (Å²) in [4.78, 5) is 18.5. The van der Waals surface area contributed by atoms with Crippen molar-refractivity contribution in [1.82, 2.24) is 10.6 Å². The zero-order valence-electron chi connectivity index (χ0n) is 14.8. The quantitative estimate of drug-likeness (QED) is 0.298. The number of guanidine groups is 1. The number of fused-ring (bicyclic) bond motifs is 1. The first-order chi connectivity index (χ1) is 11.7. The lowest BCUT2D eigenvalue weighted by atomic mass is 10.2. The molecule has 2 N–H and O–H groups in total. The fraction of sp³-hybridized carbons (Fsp3) is 0.556. The number of ether oxygens (including phenoxy) is 1. The first-order valence-corrected chi connectivity index (χ1v) is 8.76. The maximum atomic E-state index is 12.1. The third-order valence-electron chi connectivity index (χ3n) is 4.39. The number of carbonyl (C=O) groups is 1. The average molecular weight is 458 g/mol. The highest BCUT2D eigenvalue weighted by molar-refractivity contribution is 14.0. The Morgan fingerprint density at radius 1 is 1.40 bits per heavy atom. The van der Waals surface area contributed by atoms with Gasteiger partial charge in [-0.25, -0.2) is 0 Å². The van der Waals surface area contributed by atoms with Crippen molar-refractivity contribution in [2.75, 3.05) is 31.1 Å². The third-order valence-corrected chi connectivity index (χ3v) is 4.39. The highest BCUT2D eigenvalue weighted by atomic mass is 127. The van der Waals surface area contributed by atoms with E-state index in [-0.39, 0.29) is 36.5 Å². The summed E-state index contributed by atoms with van der Waals surface area (Å²) in [6.45, 7) is 6.61. The van der Waals surface area contributed by atoms with E-state index in [0.29, 0.717) is 19.1 Å². The van der Waals surface area contributed by atoms with Crippen molar-refractivity contribution < 1.29 is 9.53 Å². The number of rotatable bonds is 6. The van der Waals surface area contributed by atoms with E-state index in [1.807, 2.05) is 24.3 Å². The number of aliphatic imine (C=N–C) groups is 1. The third kappa shape index (κ3) is 5.23. The Kier molecular flexibility index (Phi) is 7.34. The second-order valence-corrected chi connectivity index (χ2v) is 6.38. The molecule has 1 aliphatic heterocycles. The summed E-state index contributed by atoms with van der Waals surface area (Å²) in [5, 5.41) is 6.72. The summed E-state index contributed by atoms with van der Waals surface area (Å²) in [6.07, 6.45) is 2.03. The lowest BCUT2D eigenvalue weighted by molar-refractivity contribution is -0.121. The molecule has 2 atom stereocenters. The zero-order valence-corrected chi connectivity index (χ0v) is 17.2. The van der Waals surface area contributed by atoms with E-state index in [9.17, 15) is 4.79 Å². The molecule has 0 radical (unpaired) electrons. The topological polar surface area (TPSA) is 66.0 Å². The van der Waals surface area contributed by atoms with Gasteiger partial charge in [0, 0.05) is 25.7 Å². The number of anilines is 1. The van der Waals surface area contributed by atoms with Gasteiger partial charge in [-0.05, 0) is 37.8 Å². The fourth-order valence-electron chi connectivity index (χ4n) is 2.84. The van der Waals surface area contributed by atoms with Crippen LogP contribution in [-0.2, 0) is 4.79 Å². The van der Waals surface area contributed by atoms with Gasteiger partial charge in [0.1, 0.15) is 5.75 Å². The van der Waals surface area contributed by atoms with Gasteiger partial charge in [0.25, 0.3) is 5.91 Å². The lowest BCUT2D eigenvalue weighted by Crippen LogP contribution is -2.40. The Bertz CT molecular complexity index is 623. The first kappa shape index (κ1) is 19.8. The molecule has 1 aromatic rings. The Hall–Kier alpha value is -1.51. The van der Waals surface area contributed by atoms with Gasteiger partial charge in [-0.1, -0.05) is 19.1 Å². The number of halogens is 1. The number of nitrogens with zero attached hydrogens (tertiary/aromatic N) is 2. The Morgan fingerprint density at radius 3 is 2.88 bits per heavy atom. The van der Waals surface area contributed by atoms with Gasteiger partial charge in [0.05, 0.1) is 5.69 Å². The van der Waals surface area contributed by atoms with Crippen molar-refractivity contribution in [3.8, 4) is 5.75 Å². The first-order valence-electron chi connectivity index (χ1n) is 8.76. The van der Waals surface area contributed by atoms with Crippen LogP contribution in [0, 0.1) is 5.92 Å². The van der Waals surface area contributed by atoms with Gasteiger partial charge in [0.15, 0.2) is 12.6 Å². The van der Waals surface area contributed by atoms with Crippen LogP contribution in [0.3, 0.4) is 0 Å². The van der Waals surface area contributed by atoms with Crippen molar-refractivity contribution in [3.63, 3.8) is 0 Å². The second-order valence-electron chi connectivity index (χ2n) is 6.38. The van der Waals surface area contributed by atoms with Crippen LogP contribution in [0.15, 0.2) is 29.3 Å². The number of amides is 1. The van der Waals surface area contributed by atoms with Crippen molar-refractivity contribution in [2.24, 2.45) is 10.9 Å². The van der Waals surface area contributed by atoms with Gasteiger partial charge >= 0.3 is 0 Å². The largest absolute Gasteiger partial charge is 0.482 e. The van der Waals surface area contributed by atoms with Crippen LogP contribution >= 0.6 is 24.0 Å². The molecular weight excluding hydrogens is 431 g/mol. The highest BCUT2D eigenvalue weighted by Crippen LogP contribution is 2.31. The Labute approximate surface area is 166 Å². The number of benzene rings is 1. The number of hydrogen-bond donors (Lipinski definition) is 2. The number of para-hydroxylation sites is 2. The van der Waals surface area contributed by atoms with E-state index in [0.717, 1.165) is 36.3 Å². The molecule has 2 aliphatic rings. The predicted octanol–water partition coefficient (Wildman–Crippen LogP) is 2.38. The molecule has 2 unspecified atom stereocenters. The molecule has 0 spiro atoms. The molecule has 1 aliphatic carbocycles. The van der Waals surface area contributed by atoms with E-state index in [4.69, 9.17) is 4.74 Å². The van der Waals surface area contributed by atoms with Gasteiger partial charge < -0.3 is 20.3 Å². The monoisotopic (exact) mass is 458 g/mol. The number of hydrogen-bond acceptors (Lipinski definition) is 3. The normalized spacial score (nSPS) is 21.8. The minimum Gasteiger partial charge on any atom is -0.482 e. The SMILES string of the molecule is CCNC(=NCCCN1C(=O)COc2ccccc21)NC1CC1C.I. The van der Waals surface area contributed by atoms with Crippen LogP contribution < -0.4 is 20.3 Å². The predicted molar refractivity (Wildman–Crippen MR) is 111 cm³/mol. The molecule has 1 fully saturated rings. The maximum absolute atomic E-state index is 12.1. The smallest absolute Gasteiger partial charge is 0.265 e. The fourth-order valence-corrected chi connectivity index (χ4v) is 2.84. The van der Waals surface area contributed by atoms with Crippen molar-refractivity contribution in [3.05, 3.63) is 24.3 Å². The minimum atomic E-state index is 0. The summed E-state index contributed by atoms with van der Waals surface area (Å²) in [5.41, 5.74) is 0.856. The van der Waals surface area contributed by atoms with E-state index >= 15 is 0 Å². The Morgan fingerprint density at radius 2 is 2.16 bits per heavy atom. The maximum Gasteiger partial charge on any atom is 0.265 e. The van der Waals surface area contributed by atoms with E-state index in [1.54, 1.807) is 4.90 Å². The number of nitrogens with one attached hydrogen (secondary N) is 2. The number of carbonyl (C=O) groups excluding carboxylic acids is 1. The molecule has 1 heterocycles. The summed E-state index contributed by atoms with van der Waals surface area (Å²) < 4.78 is 5.46. The van der Waals surface area contributed by atoms with Crippen LogP contribution in [0.1, 0.15) is 26.7 Å². The lowest BCUT2D eigenvalue weighted by Gasteiger charge is -2.29. The minimum absolute atomic E-state index is 0. The molecule has 6 nitrogen and oxygen atoms in total. The Balaban J connectivity index is 0.00000225. The molecule has 1 aromatic carbocycles. The molecule has 25 heavy (non-hydrogen) atoms. The van der Waals surface area contributed by atoms with Crippen LogP contribution in [0.2, 0.25) is 0 Å². The van der Waals surface area contributed by atoms with Crippen LogP contribution in [0.25, 0.3) is 0 Å². The van der Waals surface area contributed by atoms with E-state index < -0.39 is 0 Å². The molecular formula is C18H27IN4O2. The molecule has 0 aromatic heterocycles. The summed E-state index contributed by atoms with van der Waals surface area (Å²) in [5.74, 6) is 2.39. The molecule has 7 heteroatoms. The van der Waals surface area contributed by atoms with Crippen molar-refractivity contribution in [1.29, 1.82) is 0 Å². The molecule has 138 valence electrons. The summed E-state index contributed by atoms with van der Waals surface area (Å²) in [6, 6.07) is 8.22. The second kappa shape index (κ2) is 9.26. The zero-order chi connectivity index (χ0) is 16.9. The van der Waals surface area contributed by atoms with Crippen molar-refractivity contribution in [2.45, 2.75) is 32.7 Å². The molecule has 0 saturated heterocycles. The van der Waals surface area contributed by atoms with Crippen LogP contribution in [-0.4, -0.2) is 44.1 Å². The van der Waals surface area contributed by atoms with E-state index in [2.05, 4.69) is 29.5 Å². The van der Waals surface area contributed by atoms with Gasteiger partial charge in [0.2, 0.25) is 0 Å². The standard InChI is InChI=1S/C18H26N4O2.HI/c1-3-19-18(21-14-11-13(14)2)20-9-6-10-22-15-7-4-5-8-16(15)24-12-17(22)23;/h4-5,7-8,13-14H,3,6,9-12H2,1-2H3,(H2,19,20,21);1H. The molecule has 1 saturated carbocycles. The highest BCUT2D eigenvalue weighted by Gasteiger charge is 2.33. The van der Waals surface area contributed by atoms with Gasteiger partial charge in [-0.15, -0.1) is 24.0 Å². The molecule has 0 bridgehead atoms. The van der Waals surface area contributed by atoms with E-state index in [1.165, 1.54) is 6.42 Å². The van der Waals surface area contributed by atoms with Gasteiger partial charge in [-0.2, -0.15) is 0 Å². The summed E-state index contributed by atoms with van der Waals surface area (Å²) in [7, 11) is 0. The molecule has 3 rings (SSSR count). The van der Waals surface area contributed by atoms with Gasteiger partial charge in [-0.3, -0.25) is 9.79 Å². The average Bonchev–Trinajstić information content (AvgIpc) is 3.28. The van der Waals surface area contributed by atoms with Crippen LogP contribution in [0.4, 0.5) is 5.69 Å². The van der Waals surface area contributed by atoms with Crippen LogP contribution in [0.5, 0.6) is 5.75 Å². The van der Waals surface area contributed by atoms with Crippen molar-refractivity contribution >= 4 is 41.5 Å². The summed E-state index contributed by atoms with van der Waals surface area (Å²) >= 11 is 0. The molecule has 1 amide bonds.